The van der Waals surface area contributed by atoms with Gasteiger partial charge in [-0.25, -0.2) is 4.98 Å². The third-order valence-corrected chi connectivity index (χ3v) is 4.02. The number of nitrogens with zero attached hydrogens (tertiary/aromatic N) is 1. The Balaban J connectivity index is 2.03. The minimum absolute atomic E-state index is 0.131. The van der Waals surface area contributed by atoms with Crippen LogP contribution in [0.3, 0.4) is 0 Å². The molecule has 1 aliphatic heterocycles. The summed E-state index contributed by atoms with van der Waals surface area (Å²) < 4.78 is 0. The largest absolute Gasteiger partial charge is 0.349 e. The fourth-order valence-corrected chi connectivity index (χ4v) is 3.27. The number of carbonyl (C=O) groups excluding carboxylic acids is 1. The molecule has 0 bridgehead atoms. The lowest BCUT2D eigenvalue weighted by Crippen LogP contribution is -2.37. The van der Waals surface area contributed by atoms with E-state index in [1.165, 1.54) is 12.1 Å². The minimum Gasteiger partial charge on any atom is -0.349 e. The summed E-state index contributed by atoms with van der Waals surface area (Å²) in [5.74, 6) is 2.07. The van der Waals surface area contributed by atoms with Gasteiger partial charge in [0.1, 0.15) is 10.3 Å². The lowest BCUT2D eigenvalue weighted by Gasteiger charge is -2.22. The molecule has 1 aliphatic rings. The highest BCUT2D eigenvalue weighted by Crippen LogP contribution is 2.18. The molecule has 0 spiro atoms. The standard InChI is InChI=1S/C11H12Cl2N2OS/c12-9-5-7(6-10(13)15-9)11(16)14-8-1-3-17-4-2-8/h5-6,8H,1-4H2,(H,14,16). The van der Waals surface area contributed by atoms with Crippen molar-refractivity contribution in [2.24, 2.45) is 0 Å². The van der Waals surface area contributed by atoms with Crippen LogP contribution in [0.4, 0.5) is 0 Å². The van der Waals surface area contributed by atoms with Crippen LogP contribution in [0.25, 0.3) is 0 Å². The van der Waals surface area contributed by atoms with Crippen molar-refractivity contribution >= 4 is 40.9 Å². The second-order valence-electron chi connectivity index (χ2n) is 3.86. The first-order valence-electron chi connectivity index (χ1n) is 5.37. The van der Waals surface area contributed by atoms with E-state index < -0.39 is 0 Å². The average molecular weight is 291 g/mol. The second kappa shape index (κ2) is 5.94. The zero-order valence-electron chi connectivity index (χ0n) is 9.08. The van der Waals surface area contributed by atoms with E-state index in [0.717, 1.165) is 24.3 Å². The third kappa shape index (κ3) is 3.76. The summed E-state index contributed by atoms with van der Waals surface area (Å²) in [6, 6.07) is 3.32. The predicted molar refractivity (Wildman–Crippen MR) is 72.1 cm³/mol. The highest BCUT2D eigenvalue weighted by molar-refractivity contribution is 7.99. The molecule has 1 N–H and O–H groups in total. The van der Waals surface area contributed by atoms with Crippen LogP contribution >= 0.6 is 35.0 Å². The third-order valence-electron chi connectivity index (χ3n) is 2.58. The van der Waals surface area contributed by atoms with Gasteiger partial charge in [-0.1, -0.05) is 23.2 Å². The van der Waals surface area contributed by atoms with E-state index in [0.29, 0.717) is 5.56 Å². The van der Waals surface area contributed by atoms with Gasteiger partial charge in [-0.2, -0.15) is 11.8 Å². The van der Waals surface area contributed by atoms with Crippen molar-refractivity contribution in [3.05, 3.63) is 28.0 Å². The van der Waals surface area contributed by atoms with Gasteiger partial charge >= 0.3 is 0 Å². The van der Waals surface area contributed by atoms with Gasteiger partial charge in [0.2, 0.25) is 0 Å². The van der Waals surface area contributed by atoms with Crippen LogP contribution in [0.1, 0.15) is 23.2 Å². The molecule has 3 nitrogen and oxygen atoms in total. The fourth-order valence-electron chi connectivity index (χ4n) is 1.71. The van der Waals surface area contributed by atoms with Crippen molar-refractivity contribution in [1.82, 2.24) is 10.3 Å². The first-order chi connectivity index (χ1) is 8.15. The molecule has 0 atom stereocenters. The number of thioether (sulfide) groups is 1. The summed E-state index contributed by atoms with van der Waals surface area (Å²) in [7, 11) is 0. The lowest BCUT2D eigenvalue weighted by atomic mass is 10.1. The number of aromatic nitrogens is 1. The lowest BCUT2D eigenvalue weighted by molar-refractivity contribution is 0.0934. The van der Waals surface area contributed by atoms with Crippen LogP contribution in [0.15, 0.2) is 12.1 Å². The molecule has 2 rings (SSSR count). The minimum atomic E-state index is -0.131. The second-order valence-corrected chi connectivity index (χ2v) is 5.86. The van der Waals surface area contributed by atoms with E-state index in [2.05, 4.69) is 10.3 Å². The molecular weight excluding hydrogens is 279 g/mol. The van der Waals surface area contributed by atoms with E-state index in [4.69, 9.17) is 23.2 Å². The van der Waals surface area contributed by atoms with Crippen LogP contribution < -0.4 is 5.32 Å². The quantitative estimate of drug-likeness (QED) is 0.852. The Kier molecular flexibility index (Phi) is 4.54. The first kappa shape index (κ1) is 13.0. The molecule has 0 unspecified atom stereocenters. The molecule has 2 heterocycles. The number of amides is 1. The maximum absolute atomic E-state index is 12.0. The Hall–Kier alpha value is -0.450. The Morgan fingerprint density at radius 3 is 2.47 bits per heavy atom. The molecule has 0 aliphatic carbocycles. The molecule has 0 aromatic carbocycles. The SMILES string of the molecule is O=C(NC1CCSCC1)c1cc(Cl)nc(Cl)c1. The van der Waals surface area contributed by atoms with Gasteiger partial charge in [-0.05, 0) is 36.5 Å². The normalized spacial score (nSPS) is 16.8. The maximum atomic E-state index is 12.0. The number of hydrogen-bond donors (Lipinski definition) is 1. The molecular formula is C11H12Cl2N2OS. The summed E-state index contributed by atoms with van der Waals surface area (Å²) in [5, 5.41) is 3.47. The summed E-state index contributed by atoms with van der Waals surface area (Å²) >= 11 is 13.4. The zero-order valence-corrected chi connectivity index (χ0v) is 11.4. The number of nitrogens with one attached hydrogen (secondary N) is 1. The summed E-state index contributed by atoms with van der Waals surface area (Å²) in [5.41, 5.74) is 0.466. The highest BCUT2D eigenvalue weighted by Gasteiger charge is 2.17. The Morgan fingerprint density at radius 1 is 1.29 bits per heavy atom. The molecule has 0 saturated carbocycles. The van der Waals surface area contributed by atoms with Gasteiger partial charge in [0.25, 0.3) is 5.91 Å². The number of rotatable bonds is 2. The molecule has 1 amide bonds. The first-order valence-corrected chi connectivity index (χ1v) is 7.28. The van der Waals surface area contributed by atoms with Crippen molar-refractivity contribution in [2.45, 2.75) is 18.9 Å². The Bertz CT molecular complexity index is 402. The van der Waals surface area contributed by atoms with Gasteiger partial charge in [0.15, 0.2) is 0 Å². The molecule has 1 fully saturated rings. The predicted octanol–water partition coefficient (Wildman–Crippen LogP) is 3.01. The van der Waals surface area contributed by atoms with Gasteiger partial charge in [0, 0.05) is 11.6 Å². The maximum Gasteiger partial charge on any atom is 0.251 e. The van der Waals surface area contributed by atoms with Crippen molar-refractivity contribution in [3.8, 4) is 0 Å². The van der Waals surface area contributed by atoms with Crippen LogP contribution in [0.2, 0.25) is 10.3 Å². The summed E-state index contributed by atoms with van der Waals surface area (Å²) in [4.78, 5) is 15.8. The number of hydrogen-bond acceptors (Lipinski definition) is 3. The molecule has 6 heteroatoms. The molecule has 0 radical (unpaired) electrons. The Morgan fingerprint density at radius 2 is 1.88 bits per heavy atom. The monoisotopic (exact) mass is 290 g/mol. The van der Waals surface area contributed by atoms with Crippen LogP contribution in [0.5, 0.6) is 0 Å². The van der Waals surface area contributed by atoms with E-state index in [9.17, 15) is 4.79 Å². The molecule has 1 aromatic heterocycles. The van der Waals surface area contributed by atoms with Crippen molar-refractivity contribution in [2.75, 3.05) is 11.5 Å². The smallest absolute Gasteiger partial charge is 0.251 e. The molecule has 1 saturated heterocycles. The van der Waals surface area contributed by atoms with Crippen LogP contribution in [-0.2, 0) is 0 Å². The van der Waals surface area contributed by atoms with Crippen molar-refractivity contribution < 1.29 is 4.79 Å². The number of pyridine rings is 1. The highest BCUT2D eigenvalue weighted by atomic mass is 35.5. The number of halogens is 2. The summed E-state index contributed by atoms with van der Waals surface area (Å²) in [6.45, 7) is 0. The van der Waals surface area contributed by atoms with Gasteiger partial charge in [-0.3, -0.25) is 4.79 Å². The van der Waals surface area contributed by atoms with E-state index in [-0.39, 0.29) is 22.3 Å². The van der Waals surface area contributed by atoms with Gasteiger partial charge in [-0.15, -0.1) is 0 Å². The van der Waals surface area contributed by atoms with Crippen LogP contribution in [-0.4, -0.2) is 28.4 Å². The van der Waals surface area contributed by atoms with Crippen molar-refractivity contribution in [3.63, 3.8) is 0 Å². The summed E-state index contributed by atoms with van der Waals surface area (Å²) in [6.07, 6.45) is 2.03. The molecule has 1 aromatic rings. The molecule has 17 heavy (non-hydrogen) atoms. The van der Waals surface area contributed by atoms with E-state index >= 15 is 0 Å². The zero-order chi connectivity index (χ0) is 12.3. The van der Waals surface area contributed by atoms with Crippen LogP contribution in [0, 0.1) is 0 Å². The number of carbonyl (C=O) groups is 1. The van der Waals surface area contributed by atoms with E-state index in [1.54, 1.807) is 0 Å². The molecule has 92 valence electrons. The van der Waals surface area contributed by atoms with E-state index in [1.807, 2.05) is 11.8 Å². The fraction of sp³-hybridized carbons (Fsp3) is 0.455. The Labute approximate surface area is 114 Å². The average Bonchev–Trinajstić information content (AvgIpc) is 2.29. The van der Waals surface area contributed by atoms with Crippen molar-refractivity contribution in [1.29, 1.82) is 0 Å². The van der Waals surface area contributed by atoms with Gasteiger partial charge < -0.3 is 5.32 Å². The topological polar surface area (TPSA) is 42.0 Å². The van der Waals surface area contributed by atoms with Gasteiger partial charge in [0.05, 0.1) is 0 Å².